The number of aryl methyl sites for hydroxylation is 2. The van der Waals surface area contributed by atoms with Crippen LogP contribution in [-0.2, 0) is 0 Å². The number of hydrogen-bond acceptors (Lipinski definition) is 5. The van der Waals surface area contributed by atoms with Gasteiger partial charge < -0.3 is 5.32 Å². The number of nitro benzene ring substituents is 1. The third-order valence-corrected chi connectivity index (χ3v) is 5.55. The molecule has 1 amide bonds. The van der Waals surface area contributed by atoms with Gasteiger partial charge in [-0.25, -0.2) is 4.68 Å². The van der Waals surface area contributed by atoms with Gasteiger partial charge in [0, 0.05) is 23.2 Å². The van der Waals surface area contributed by atoms with Crippen molar-refractivity contribution >= 4 is 38.8 Å². The monoisotopic (exact) mass is 392 g/mol. The number of hydrogen-bond donors (Lipinski definition) is 1. The number of para-hydroxylation sites is 1. The van der Waals surface area contributed by atoms with Gasteiger partial charge in [-0.15, -0.1) is 11.3 Å². The first-order valence-corrected chi connectivity index (χ1v) is 9.36. The lowest BCUT2D eigenvalue weighted by molar-refractivity contribution is -0.384. The molecular weight excluding hydrogens is 376 g/mol. The number of nitro groups is 1. The predicted molar refractivity (Wildman–Crippen MR) is 109 cm³/mol. The van der Waals surface area contributed by atoms with Gasteiger partial charge in [0.2, 0.25) is 0 Å². The summed E-state index contributed by atoms with van der Waals surface area (Å²) < 4.78 is 1.84. The van der Waals surface area contributed by atoms with E-state index in [4.69, 9.17) is 0 Å². The Hall–Kier alpha value is -3.52. The molecule has 0 bridgehead atoms. The minimum atomic E-state index is -0.456. The Labute approximate surface area is 164 Å². The number of nitrogens with zero attached hydrogens (tertiary/aromatic N) is 3. The normalized spacial score (nSPS) is 10.9. The number of benzene rings is 2. The third kappa shape index (κ3) is 3.14. The first-order valence-electron chi connectivity index (χ1n) is 8.55. The molecule has 0 spiro atoms. The number of rotatable bonds is 4. The van der Waals surface area contributed by atoms with Crippen molar-refractivity contribution in [3.8, 4) is 5.69 Å². The maximum absolute atomic E-state index is 12.7. The lowest BCUT2D eigenvalue weighted by Crippen LogP contribution is -2.11. The average Bonchev–Trinajstić information content (AvgIpc) is 3.25. The fourth-order valence-corrected chi connectivity index (χ4v) is 4.07. The van der Waals surface area contributed by atoms with Crippen LogP contribution in [0.3, 0.4) is 0 Å². The smallest absolute Gasteiger partial charge is 0.269 e. The number of carbonyl (C=O) groups excluding carboxylic acids is 1. The maximum atomic E-state index is 12.7. The Balaban J connectivity index is 1.66. The molecule has 0 saturated heterocycles. The summed E-state index contributed by atoms with van der Waals surface area (Å²) in [7, 11) is 0. The van der Waals surface area contributed by atoms with Crippen LogP contribution < -0.4 is 5.32 Å². The van der Waals surface area contributed by atoms with Crippen molar-refractivity contribution in [1.29, 1.82) is 0 Å². The number of anilines is 1. The highest BCUT2D eigenvalue weighted by Crippen LogP contribution is 2.31. The molecule has 4 aromatic rings. The number of non-ortho nitro benzene ring substituents is 1. The maximum Gasteiger partial charge on any atom is 0.269 e. The molecule has 0 fully saturated rings. The third-order valence-electron chi connectivity index (χ3n) is 4.44. The van der Waals surface area contributed by atoms with Gasteiger partial charge in [-0.1, -0.05) is 18.2 Å². The highest BCUT2D eigenvalue weighted by Gasteiger charge is 2.18. The van der Waals surface area contributed by atoms with Crippen molar-refractivity contribution in [2.45, 2.75) is 13.8 Å². The Morgan fingerprint density at radius 2 is 1.89 bits per heavy atom. The first-order chi connectivity index (χ1) is 13.4. The van der Waals surface area contributed by atoms with Gasteiger partial charge >= 0.3 is 0 Å². The summed E-state index contributed by atoms with van der Waals surface area (Å²) >= 11 is 1.36. The quantitative estimate of drug-likeness (QED) is 0.396. The van der Waals surface area contributed by atoms with E-state index in [1.54, 1.807) is 13.0 Å². The first kappa shape index (κ1) is 17.9. The van der Waals surface area contributed by atoms with Crippen molar-refractivity contribution < 1.29 is 9.72 Å². The van der Waals surface area contributed by atoms with E-state index in [-0.39, 0.29) is 11.6 Å². The van der Waals surface area contributed by atoms with Crippen molar-refractivity contribution in [2.75, 3.05) is 5.32 Å². The van der Waals surface area contributed by atoms with Gasteiger partial charge in [0.15, 0.2) is 0 Å². The lowest BCUT2D eigenvalue weighted by Gasteiger charge is -2.07. The summed E-state index contributed by atoms with van der Waals surface area (Å²) in [5, 5.41) is 19.2. The van der Waals surface area contributed by atoms with Crippen LogP contribution >= 0.6 is 11.3 Å². The van der Waals surface area contributed by atoms with Crippen LogP contribution in [-0.4, -0.2) is 20.6 Å². The van der Waals surface area contributed by atoms with Crippen molar-refractivity contribution in [3.63, 3.8) is 0 Å². The highest BCUT2D eigenvalue weighted by molar-refractivity contribution is 7.20. The van der Waals surface area contributed by atoms with Crippen LogP contribution in [0.15, 0.2) is 54.6 Å². The molecule has 2 heterocycles. The molecule has 7 nitrogen and oxygen atoms in total. The topological polar surface area (TPSA) is 90.1 Å². The van der Waals surface area contributed by atoms with Gasteiger partial charge in [-0.05, 0) is 43.7 Å². The van der Waals surface area contributed by atoms with E-state index >= 15 is 0 Å². The van der Waals surface area contributed by atoms with E-state index in [2.05, 4.69) is 10.4 Å². The van der Waals surface area contributed by atoms with Gasteiger partial charge in [-0.3, -0.25) is 14.9 Å². The number of fused-ring (bicyclic) bond motifs is 1. The van der Waals surface area contributed by atoms with Crippen molar-refractivity contribution in [3.05, 3.63) is 80.8 Å². The SMILES string of the molecule is Cc1cc([N+](=O)[O-])ccc1NC(=O)c1cc2c(C)nn(-c3ccccc3)c2s1. The molecule has 0 aliphatic rings. The van der Waals surface area contributed by atoms with Crippen molar-refractivity contribution in [2.24, 2.45) is 0 Å². The van der Waals surface area contributed by atoms with E-state index in [1.807, 2.05) is 48.0 Å². The standard InChI is InChI=1S/C20H16N4O3S/c1-12-10-15(24(26)27)8-9-17(12)21-19(25)18-11-16-13(2)22-23(20(16)28-18)14-6-4-3-5-7-14/h3-11H,1-2H3,(H,21,25). The Morgan fingerprint density at radius 1 is 1.14 bits per heavy atom. The van der Waals surface area contributed by atoms with E-state index in [9.17, 15) is 14.9 Å². The molecule has 140 valence electrons. The molecule has 0 atom stereocenters. The number of amides is 1. The zero-order valence-electron chi connectivity index (χ0n) is 15.2. The Bertz CT molecular complexity index is 1210. The van der Waals surface area contributed by atoms with Gasteiger partial charge in [-0.2, -0.15) is 5.10 Å². The molecule has 1 N–H and O–H groups in total. The van der Waals surface area contributed by atoms with Gasteiger partial charge in [0.25, 0.3) is 11.6 Å². The fraction of sp³-hybridized carbons (Fsp3) is 0.100. The average molecular weight is 392 g/mol. The lowest BCUT2D eigenvalue weighted by atomic mass is 10.1. The highest BCUT2D eigenvalue weighted by atomic mass is 32.1. The largest absolute Gasteiger partial charge is 0.321 e. The summed E-state index contributed by atoms with van der Waals surface area (Å²) in [6, 6.07) is 16.0. The molecule has 0 saturated carbocycles. The van der Waals surface area contributed by atoms with E-state index in [1.165, 1.54) is 23.5 Å². The molecule has 0 aliphatic heterocycles. The summed E-state index contributed by atoms with van der Waals surface area (Å²) in [6.07, 6.45) is 0. The fourth-order valence-electron chi connectivity index (χ4n) is 2.99. The Kier molecular flexibility index (Phi) is 4.40. The van der Waals surface area contributed by atoms with Gasteiger partial charge in [0.1, 0.15) is 4.83 Å². The minimum Gasteiger partial charge on any atom is -0.321 e. The van der Waals surface area contributed by atoms with Crippen LogP contribution in [0.25, 0.3) is 15.9 Å². The molecule has 28 heavy (non-hydrogen) atoms. The molecule has 8 heteroatoms. The Morgan fingerprint density at radius 3 is 2.57 bits per heavy atom. The molecule has 0 unspecified atom stereocenters. The van der Waals surface area contributed by atoms with E-state index in [0.29, 0.717) is 16.1 Å². The second-order valence-electron chi connectivity index (χ2n) is 6.37. The number of carbonyl (C=O) groups is 1. The van der Waals surface area contributed by atoms with E-state index < -0.39 is 4.92 Å². The number of thiophene rings is 1. The van der Waals surface area contributed by atoms with Crippen LogP contribution in [0.4, 0.5) is 11.4 Å². The van der Waals surface area contributed by atoms with Crippen LogP contribution in [0, 0.1) is 24.0 Å². The van der Waals surface area contributed by atoms with Gasteiger partial charge in [0.05, 0.1) is 21.2 Å². The zero-order valence-corrected chi connectivity index (χ0v) is 16.0. The summed E-state index contributed by atoms with van der Waals surface area (Å²) in [4.78, 5) is 24.6. The zero-order chi connectivity index (χ0) is 19.8. The summed E-state index contributed by atoms with van der Waals surface area (Å²) in [5.74, 6) is -0.253. The van der Waals surface area contributed by atoms with Crippen LogP contribution in [0.1, 0.15) is 20.9 Å². The number of aromatic nitrogens is 2. The number of nitrogens with one attached hydrogen (secondary N) is 1. The molecule has 4 rings (SSSR count). The molecule has 2 aromatic heterocycles. The van der Waals surface area contributed by atoms with Crippen LogP contribution in [0.5, 0.6) is 0 Å². The summed E-state index contributed by atoms with van der Waals surface area (Å²) in [5.41, 5.74) is 2.96. The second kappa shape index (κ2) is 6.90. The van der Waals surface area contributed by atoms with Crippen LogP contribution in [0.2, 0.25) is 0 Å². The molecule has 0 aliphatic carbocycles. The van der Waals surface area contributed by atoms with Crippen molar-refractivity contribution in [1.82, 2.24) is 9.78 Å². The predicted octanol–water partition coefficient (Wildman–Crippen LogP) is 4.86. The van der Waals surface area contributed by atoms with E-state index in [0.717, 1.165) is 21.6 Å². The molecule has 2 aromatic carbocycles. The second-order valence-corrected chi connectivity index (χ2v) is 7.40. The molecule has 0 radical (unpaired) electrons. The summed E-state index contributed by atoms with van der Waals surface area (Å²) in [6.45, 7) is 3.64. The minimum absolute atomic E-state index is 0.00376. The molecular formula is C20H16N4O3S.